The number of rotatable bonds is 8. The minimum Gasteiger partial charge on any atom is -0.0991 e. The molecule has 0 heterocycles. The van der Waals surface area contributed by atoms with Crippen LogP contribution in [0.1, 0.15) is 92.0 Å². The molecule has 0 aromatic heterocycles. The zero-order valence-electron chi connectivity index (χ0n) is 35.2. The number of hydrogen-bond acceptors (Lipinski definition) is 0. The first-order valence-electron chi connectivity index (χ1n) is 20.3. The van der Waals surface area contributed by atoms with E-state index in [9.17, 15) is 0 Å². The van der Waals surface area contributed by atoms with E-state index >= 15 is 0 Å². The molecule has 0 saturated heterocycles. The molecule has 0 amide bonds. The summed E-state index contributed by atoms with van der Waals surface area (Å²) in [5.74, 6) is 0. The van der Waals surface area contributed by atoms with E-state index in [4.69, 9.17) is 0 Å². The monoisotopic (exact) mass is 742 g/mol. The highest BCUT2D eigenvalue weighted by Gasteiger charge is 2.36. The summed E-state index contributed by atoms with van der Waals surface area (Å²) in [6.45, 7) is 31.1. The number of hydrogen-bond donors (Lipinski definition) is 0. The Bertz CT molecular complexity index is 2490. The van der Waals surface area contributed by atoms with Crippen molar-refractivity contribution in [3.8, 4) is 44.5 Å². The van der Waals surface area contributed by atoms with E-state index in [1.807, 2.05) is 24.3 Å². The Morgan fingerprint density at radius 2 is 1.02 bits per heavy atom. The summed E-state index contributed by atoms with van der Waals surface area (Å²) in [6, 6.07) is 44.5. The van der Waals surface area contributed by atoms with Crippen LogP contribution >= 0.6 is 0 Å². The summed E-state index contributed by atoms with van der Waals surface area (Å²) in [7, 11) is 0. The zero-order valence-corrected chi connectivity index (χ0v) is 35.2. The number of fused-ring (bicyclic) bond motifs is 6. The van der Waals surface area contributed by atoms with Gasteiger partial charge in [-0.1, -0.05) is 224 Å². The third-order valence-electron chi connectivity index (χ3n) is 11.8. The Hall–Kier alpha value is -5.98. The van der Waals surface area contributed by atoms with Crippen molar-refractivity contribution in [2.45, 2.75) is 72.1 Å². The molecule has 0 heteroatoms. The van der Waals surface area contributed by atoms with Crippen LogP contribution in [-0.2, 0) is 10.8 Å². The first kappa shape index (κ1) is 40.7. The normalized spacial score (nSPS) is 13.6. The van der Waals surface area contributed by atoms with Gasteiger partial charge in [0.1, 0.15) is 0 Å². The quantitative estimate of drug-likeness (QED) is 0.136. The van der Waals surface area contributed by atoms with E-state index in [1.54, 1.807) is 6.08 Å². The lowest BCUT2D eigenvalue weighted by atomic mass is 9.81. The first-order valence-corrected chi connectivity index (χ1v) is 20.3. The molecule has 0 nitrogen and oxygen atoms in total. The summed E-state index contributed by atoms with van der Waals surface area (Å²) >= 11 is 0. The highest BCUT2D eigenvalue weighted by Crippen LogP contribution is 2.50. The molecule has 0 spiro atoms. The fourth-order valence-electron chi connectivity index (χ4n) is 8.63. The van der Waals surface area contributed by atoms with Crippen molar-refractivity contribution >= 4 is 12.2 Å². The molecule has 0 bridgehead atoms. The van der Waals surface area contributed by atoms with Gasteiger partial charge in [-0.25, -0.2) is 0 Å². The Morgan fingerprint density at radius 3 is 1.58 bits per heavy atom. The summed E-state index contributed by atoms with van der Waals surface area (Å²) in [4.78, 5) is 0. The van der Waals surface area contributed by atoms with Crippen molar-refractivity contribution < 1.29 is 0 Å². The van der Waals surface area contributed by atoms with Crippen molar-refractivity contribution in [2.75, 3.05) is 0 Å². The Balaban J connectivity index is 0.000000181. The molecule has 0 unspecified atom stereocenters. The van der Waals surface area contributed by atoms with Gasteiger partial charge in [0.25, 0.3) is 0 Å². The highest BCUT2D eigenvalue weighted by molar-refractivity contribution is 5.85. The third kappa shape index (κ3) is 8.01. The van der Waals surface area contributed by atoms with Crippen LogP contribution in [0.25, 0.3) is 56.7 Å². The first-order chi connectivity index (χ1) is 27.4. The van der Waals surface area contributed by atoms with Crippen molar-refractivity contribution in [1.29, 1.82) is 0 Å². The van der Waals surface area contributed by atoms with E-state index < -0.39 is 0 Å². The smallest absolute Gasteiger partial charge is 0.0159 e. The third-order valence-corrected chi connectivity index (χ3v) is 11.8. The lowest BCUT2D eigenvalue weighted by Gasteiger charge is -2.22. The second-order valence-corrected chi connectivity index (χ2v) is 16.4. The largest absolute Gasteiger partial charge is 0.0991 e. The fraction of sp³-hybridized carbons (Fsp3) is 0.193. The molecule has 0 atom stereocenters. The molecule has 0 fully saturated rings. The molecule has 6 aromatic rings. The molecule has 0 saturated carbocycles. The van der Waals surface area contributed by atoms with Gasteiger partial charge in [-0.2, -0.15) is 0 Å². The van der Waals surface area contributed by atoms with Crippen LogP contribution in [0.3, 0.4) is 0 Å². The molecule has 6 aromatic carbocycles. The molecule has 8 rings (SSSR count). The second kappa shape index (κ2) is 17.0. The van der Waals surface area contributed by atoms with Gasteiger partial charge in [0.15, 0.2) is 0 Å². The summed E-state index contributed by atoms with van der Waals surface area (Å²) < 4.78 is 0. The maximum Gasteiger partial charge on any atom is 0.0159 e. The fourth-order valence-corrected chi connectivity index (χ4v) is 8.63. The molecular formula is C57H58. The van der Waals surface area contributed by atoms with Crippen LogP contribution in [0.2, 0.25) is 0 Å². The van der Waals surface area contributed by atoms with Gasteiger partial charge in [0.2, 0.25) is 0 Å². The highest BCUT2D eigenvalue weighted by atomic mass is 14.4. The van der Waals surface area contributed by atoms with Gasteiger partial charge >= 0.3 is 0 Å². The molecule has 2 aliphatic rings. The summed E-state index contributed by atoms with van der Waals surface area (Å²) in [6.07, 6.45) is 11.8. The van der Waals surface area contributed by atoms with Gasteiger partial charge in [-0.15, -0.1) is 0 Å². The predicted octanol–water partition coefficient (Wildman–Crippen LogP) is 16.3. The predicted molar refractivity (Wildman–Crippen MR) is 252 cm³/mol. The van der Waals surface area contributed by atoms with Crippen molar-refractivity contribution in [3.63, 3.8) is 0 Å². The molecule has 57 heavy (non-hydrogen) atoms. The van der Waals surface area contributed by atoms with Gasteiger partial charge in [0, 0.05) is 10.8 Å². The molecule has 286 valence electrons. The van der Waals surface area contributed by atoms with Crippen LogP contribution in [0.5, 0.6) is 0 Å². The Kier molecular flexibility index (Phi) is 12.2. The van der Waals surface area contributed by atoms with Crippen LogP contribution < -0.4 is 0 Å². The Morgan fingerprint density at radius 1 is 0.509 bits per heavy atom. The van der Waals surface area contributed by atoms with Crippen molar-refractivity contribution in [2.24, 2.45) is 0 Å². The van der Waals surface area contributed by atoms with Gasteiger partial charge in [-0.05, 0) is 110 Å². The second-order valence-electron chi connectivity index (χ2n) is 16.4. The van der Waals surface area contributed by atoms with E-state index in [0.29, 0.717) is 0 Å². The minimum absolute atomic E-state index is 0.0105. The molecule has 2 aliphatic carbocycles. The number of allylic oxidation sites excluding steroid dienone is 4. The van der Waals surface area contributed by atoms with Crippen LogP contribution in [0, 0.1) is 13.8 Å². The molecule has 0 radical (unpaired) electrons. The van der Waals surface area contributed by atoms with E-state index in [2.05, 4.69) is 196 Å². The molecular weight excluding hydrogens is 685 g/mol. The average Bonchev–Trinajstić information content (AvgIpc) is 3.59. The van der Waals surface area contributed by atoms with Crippen LogP contribution in [0.4, 0.5) is 0 Å². The van der Waals surface area contributed by atoms with Crippen molar-refractivity contribution in [1.82, 2.24) is 0 Å². The lowest BCUT2D eigenvalue weighted by molar-refractivity contribution is 0.659. The van der Waals surface area contributed by atoms with E-state index in [1.165, 1.54) is 89.9 Å². The SMILES string of the molecule is C=C/C=C(\C=C)CCC.C=Cc1cccc(-c2ccc(-c3ccc4c(c3)C(C)(C)c3cc(C)ccc3-4)cc2)c1C=C.Cc1ccc2c(c1)C(C)(C)c1ccccc1-2. The maximum absolute atomic E-state index is 4.01. The number of benzene rings is 6. The summed E-state index contributed by atoms with van der Waals surface area (Å²) in [5, 5.41) is 0. The van der Waals surface area contributed by atoms with E-state index in [-0.39, 0.29) is 10.8 Å². The van der Waals surface area contributed by atoms with Gasteiger partial charge < -0.3 is 0 Å². The maximum atomic E-state index is 4.01. The zero-order chi connectivity index (χ0) is 40.9. The number of aryl methyl sites for hydroxylation is 2. The van der Waals surface area contributed by atoms with Crippen molar-refractivity contribution in [3.05, 3.63) is 216 Å². The lowest BCUT2D eigenvalue weighted by Crippen LogP contribution is -2.15. The average molecular weight is 743 g/mol. The molecule has 0 N–H and O–H groups in total. The summed E-state index contributed by atoms with van der Waals surface area (Å²) in [5.41, 5.74) is 22.5. The molecule has 0 aliphatic heterocycles. The van der Waals surface area contributed by atoms with Crippen LogP contribution in [0.15, 0.2) is 171 Å². The topological polar surface area (TPSA) is 0 Å². The van der Waals surface area contributed by atoms with Crippen LogP contribution in [-0.4, -0.2) is 0 Å². The standard InChI is InChI=1S/C32H28.C16H16.C9H14/c1-6-22-9-8-10-27(26(22)7-2)24-14-12-23(13-15-24)25-16-18-29-28-17-11-21(3)19-30(28)32(4,5)31(29)20-25;1-11-8-9-13-12-6-4-5-7-14(12)16(2,3)15(13)10-11;1-4-7-9(6-3)8-5-2/h6-20H,1-2H2,3-5H3;4-10H,1-3H3;4,6-7H,1,3,5,8H2,2H3/b;;9-7+. The Labute approximate surface area is 343 Å². The van der Waals surface area contributed by atoms with E-state index in [0.717, 1.165) is 17.5 Å². The van der Waals surface area contributed by atoms with Gasteiger partial charge in [0.05, 0.1) is 0 Å². The van der Waals surface area contributed by atoms with Gasteiger partial charge in [-0.3, -0.25) is 0 Å². The minimum atomic E-state index is 0.0105.